The number of carbonyl (C=O) groups excluding carboxylic acids is 1. The molecule has 0 aliphatic rings. The van der Waals surface area contributed by atoms with Crippen LogP contribution >= 0.6 is 0 Å². The molecular formula is C20H26N2O5S. The van der Waals surface area contributed by atoms with Crippen LogP contribution in [0.1, 0.15) is 12.5 Å². The fourth-order valence-corrected chi connectivity index (χ4v) is 2.81. The maximum Gasteiger partial charge on any atom is 0.260 e. The van der Waals surface area contributed by atoms with Crippen LogP contribution in [-0.4, -0.2) is 46.9 Å². The van der Waals surface area contributed by atoms with Crippen molar-refractivity contribution in [2.24, 2.45) is 0 Å². The minimum Gasteiger partial charge on any atom is -0.492 e. The van der Waals surface area contributed by atoms with E-state index in [-0.39, 0.29) is 5.91 Å². The second-order valence-electron chi connectivity index (χ2n) is 6.44. The van der Waals surface area contributed by atoms with Gasteiger partial charge in [0.05, 0.1) is 18.5 Å². The van der Waals surface area contributed by atoms with E-state index in [1.54, 1.807) is 31.2 Å². The fourth-order valence-electron chi connectivity index (χ4n) is 2.31. The Morgan fingerprint density at radius 1 is 1.07 bits per heavy atom. The molecule has 0 saturated heterocycles. The molecule has 0 spiro atoms. The van der Waals surface area contributed by atoms with Gasteiger partial charge in [0.25, 0.3) is 5.91 Å². The lowest BCUT2D eigenvalue weighted by Gasteiger charge is -2.18. The molecule has 2 aromatic carbocycles. The van der Waals surface area contributed by atoms with Gasteiger partial charge in [-0.15, -0.1) is 0 Å². The van der Waals surface area contributed by atoms with Crippen molar-refractivity contribution in [2.75, 3.05) is 30.8 Å². The van der Waals surface area contributed by atoms with Crippen LogP contribution in [0.15, 0.2) is 48.5 Å². The van der Waals surface area contributed by atoms with Gasteiger partial charge in [-0.1, -0.05) is 17.7 Å². The summed E-state index contributed by atoms with van der Waals surface area (Å²) >= 11 is 0. The van der Waals surface area contributed by atoms with Gasteiger partial charge in [0.2, 0.25) is 10.0 Å². The van der Waals surface area contributed by atoms with Gasteiger partial charge in [-0.3, -0.25) is 9.10 Å². The number of benzene rings is 2. The van der Waals surface area contributed by atoms with E-state index < -0.39 is 16.1 Å². The Kier molecular flexibility index (Phi) is 7.28. The highest BCUT2D eigenvalue weighted by molar-refractivity contribution is 7.92. The summed E-state index contributed by atoms with van der Waals surface area (Å²) in [5.41, 5.74) is 1.67. The molecule has 0 bridgehead atoms. The molecule has 28 heavy (non-hydrogen) atoms. The lowest BCUT2D eigenvalue weighted by Crippen LogP contribution is -2.38. The summed E-state index contributed by atoms with van der Waals surface area (Å²) in [4.78, 5) is 12.1. The molecular weight excluding hydrogens is 380 g/mol. The van der Waals surface area contributed by atoms with E-state index in [9.17, 15) is 13.2 Å². The zero-order chi connectivity index (χ0) is 20.7. The van der Waals surface area contributed by atoms with Gasteiger partial charge in [0, 0.05) is 7.05 Å². The van der Waals surface area contributed by atoms with Crippen molar-refractivity contribution >= 4 is 21.6 Å². The second kappa shape index (κ2) is 9.45. The smallest absolute Gasteiger partial charge is 0.260 e. The van der Waals surface area contributed by atoms with Crippen LogP contribution in [0.25, 0.3) is 0 Å². The number of hydrogen-bond donors (Lipinski definition) is 1. The highest BCUT2D eigenvalue weighted by Gasteiger charge is 2.15. The van der Waals surface area contributed by atoms with Crippen LogP contribution in [0.2, 0.25) is 0 Å². The third-order valence-corrected chi connectivity index (χ3v) is 5.28. The zero-order valence-electron chi connectivity index (χ0n) is 16.5. The van der Waals surface area contributed by atoms with E-state index in [0.29, 0.717) is 24.6 Å². The van der Waals surface area contributed by atoms with E-state index in [0.717, 1.165) is 17.6 Å². The number of aryl methyl sites for hydroxylation is 1. The maximum absolute atomic E-state index is 12.1. The SMILES string of the molecule is Cc1ccc(OCCNC(=O)[C@@H](C)Oc2ccc(N(C)S(C)(=O)=O)cc2)cc1. The Balaban J connectivity index is 1.77. The summed E-state index contributed by atoms with van der Waals surface area (Å²) in [6.07, 6.45) is 0.435. The van der Waals surface area contributed by atoms with Gasteiger partial charge in [-0.25, -0.2) is 8.42 Å². The fraction of sp³-hybridized carbons (Fsp3) is 0.350. The normalized spacial score (nSPS) is 12.1. The predicted molar refractivity (Wildman–Crippen MR) is 109 cm³/mol. The molecule has 2 rings (SSSR count). The molecule has 0 radical (unpaired) electrons. The summed E-state index contributed by atoms with van der Waals surface area (Å²) in [7, 11) is -1.85. The summed E-state index contributed by atoms with van der Waals surface area (Å²) < 4.78 is 35.4. The first-order valence-electron chi connectivity index (χ1n) is 8.84. The molecule has 0 fully saturated rings. The molecule has 0 saturated carbocycles. The van der Waals surface area contributed by atoms with Crippen LogP contribution in [0.3, 0.4) is 0 Å². The summed E-state index contributed by atoms with van der Waals surface area (Å²) in [5, 5.41) is 2.76. The van der Waals surface area contributed by atoms with Crippen LogP contribution in [0.4, 0.5) is 5.69 Å². The second-order valence-corrected chi connectivity index (χ2v) is 8.45. The van der Waals surface area contributed by atoms with E-state index >= 15 is 0 Å². The number of hydrogen-bond acceptors (Lipinski definition) is 5. The first-order valence-corrected chi connectivity index (χ1v) is 10.7. The van der Waals surface area contributed by atoms with Crippen molar-refractivity contribution in [3.8, 4) is 11.5 Å². The van der Waals surface area contributed by atoms with E-state index in [1.165, 1.54) is 11.4 Å². The Labute approximate surface area is 166 Å². The number of nitrogens with one attached hydrogen (secondary N) is 1. The molecule has 8 heteroatoms. The molecule has 152 valence electrons. The molecule has 1 atom stereocenters. The molecule has 0 heterocycles. The van der Waals surface area contributed by atoms with Crippen molar-refractivity contribution in [1.82, 2.24) is 5.32 Å². The number of sulfonamides is 1. The third-order valence-electron chi connectivity index (χ3n) is 4.07. The summed E-state index contributed by atoms with van der Waals surface area (Å²) in [5.74, 6) is 0.970. The number of ether oxygens (including phenoxy) is 2. The molecule has 2 aromatic rings. The van der Waals surface area contributed by atoms with Gasteiger partial charge >= 0.3 is 0 Å². The Hall–Kier alpha value is -2.74. The molecule has 0 unspecified atom stereocenters. The highest BCUT2D eigenvalue weighted by Crippen LogP contribution is 2.21. The highest BCUT2D eigenvalue weighted by atomic mass is 32.2. The zero-order valence-corrected chi connectivity index (χ0v) is 17.3. The van der Waals surface area contributed by atoms with Crippen LogP contribution < -0.4 is 19.1 Å². The van der Waals surface area contributed by atoms with Gasteiger partial charge in [-0.05, 0) is 50.2 Å². The first kappa shape index (κ1) is 21.6. The minimum absolute atomic E-state index is 0.259. The molecule has 0 aliphatic heterocycles. The first-order chi connectivity index (χ1) is 13.2. The van der Waals surface area contributed by atoms with Gasteiger partial charge in [0.1, 0.15) is 18.1 Å². The Morgan fingerprint density at radius 3 is 2.21 bits per heavy atom. The lowest BCUT2D eigenvalue weighted by atomic mass is 10.2. The number of carbonyl (C=O) groups is 1. The Bertz CT molecular complexity index is 880. The maximum atomic E-state index is 12.1. The number of amides is 1. The van der Waals surface area contributed by atoms with E-state index in [4.69, 9.17) is 9.47 Å². The summed E-state index contributed by atoms with van der Waals surface area (Å²) in [6.45, 7) is 4.36. The monoisotopic (exact) mass is 406 g/mol. The standard InChI is InChI=1S/C20H26N2O5S/c1-15-5-9-18(10-6-15)26-14-13-21-20(23)16(2)27-19-11-7-17(8-12-19)22(3)28(4,24)25/h5-12,16H,13-14H2,1-4H3,(H,21,23)/t16-/m1/s1. The van der Waals surface area contributed by atoms with E-state index in [2.05, 4.69) is 5.32 Å². The average Bonchev–Trinajstić information content (AvgIpc) is 2.65. The quantitative estimate of drug-likeness (QED) is 0.646. The van der Waals surface area contributed by atoms with Crippen molar-refractivity contribution in [3.05, 3.63) is 54.1 Å². The van der Waals surface area contributed by atoms with Crippen LogP contribution in [0, 0.1) is 6.92 Å². The van der Waals surface area contributed by atoms with Crippen molar-refractivity contribution < 1.29 is 22.7 Å². The topological polar surface area (TPSA) is 84.9 Å². The van der Waals surface area contributed by atoms with E-state index in [1.807, 2.05) is 31.2 Å². The van der Waals surface area contributed by atoms with Crippen LogP contribution in [-0.2, 0) is 14.8 Å². The number of nitrogens with zero attached hydrogens (tertiary/aromatic N) is 1. The number of rotatable bonds is 9. The van der Waals surface area contributed by atoms with Crippen molar-refractivity contribution in [1.29, 1.82) is 0 Å². The predicted octanol–water partition coefficient (Wildman–Crippen LogP) is 2.35. The van der Waals surface area contributed by atoms with Crippen LogP contribution in [0.5, 0.6) is 11.5 Å². The van der Waals surface area contributed by atoms with Gasteiger partial charge in [0.15, 0.2) is 6.10 Å². The van der Waals surface area contributed by atoms with Gasteiger partial charge < -0.3 is 14.8 Å². The average molecular weight is 407 g/mol. The largest absolute Gasteiger partial charge is 0.492 e. The minimum atomic E-state index is -3.32. The van der Waals surface area contributed by atoms with Crippen molar-refractivity contribution in [3.63, 3.8) is 0 Å². The molecule has 0 aromatic heterocycles. The molecule has 1 N–H and O–H groups in total. The van der Waals surface area contributed by atoms with Crippen molar-refractivity contribution in [2.45, 2.75) is 20.0 Å². The third kappa shape index (κ3) is 6.45. The molecule has 7 nitrogen and oxygen atoms in total. The lowest BCUT2D eigenvalue weighted by molar-refractivity contribution is -0.127. The van der Waals surface area contributed by atoms with Gasteiger partial charge in [-0.2, -0.15) is 0 Å². The summed E-state index contributed by atoms with van der Waals surface area (Å²) in [6, 6.07) is 14.2. The number of anilines is 1. The molecule has 1 amide bonds. The Morgan fingerprint density at radius 2 is 1.64 bits per heavy atom. The molecule has 0 aliphatic carbocycles.